The molecule has 1 aromatic heterocycles. The van der Waals surface area contributed by atoms with Gasteiger partial charge in [0.2, 0.25) is 0 Å². The molecule has 1 saturated heterocycles. The molecule has 0 N–H and O–H groups in total. The van der Waals surface area contributed by atoms with E-state index in [1.165, 1.54) is 10.9 Å². The van der Waals surface area contributed by atoms with Gasteiger partial charge in [-0.1, -0.05) is 0 Å². The van der Waals surface area contributed by atoms with Gasteiger partial charge in [-0.05, 0) is 54.9 Å². The number of nitrogens with zero attached hydrogens (tertiary/aromatic N) is 3. The Kier molecular flexibility index (Phi) is 5.16. The van der Waals surface area contributed by atoms with Crippen LogP contribution in [0.2, 0.25) is 0 Å². The second kappa shape index (κ2) is 6.69. The maximum Gasteiger partial charge on any atom is 0.419 e. The minimum Gasteiger partial charge on any atom is -0.444 e. The van der Waals surface area contributed by atoms with Crippen molar-refractivity contribution in [3.05, 3.63) is 18.2 Å². The molecular weight excluding hydrogens is 322 g/mol. The van der Waals surface area contributed by atoms with Crippen molar-refractivity contribution in [3.8, 4) is 0 Å². The molecule has 1 amide bonds. The first kappa shape index (κ1) is 19.3. The Hall–Kier alpha value is -2.05. The van der Waals surface area contributed by atoms with Gasteiger partial charge in [-0.3, -0.25) is 0 Å². The number of rotatable bonds is 1. The van der Waals surface area contributed by atoms with Gasteiger partial charge in [-0.25, -0.2) is 19.1 Å². The molecule has 1 aromatic rings. The van der Waals surface area contributed by atoms with Crippen LogP contribution in [-0.4, -0.2) is 50.4 Å². The molecule has 7 nitrogen and oxygen atoms in total. The molecule has 140 valence electrons. The van der Waals surface area contributed by atoms with E-state index in [1.54, 1.807) is 11.1 Å². The minimum absolute atomic E-state index is 0.0446. The van der Waals surface area contributed by atoms with Gasteiger partial charge >= 0.3 is 12.2 Å². The first-order chi connectivity index (χ1) is 11.4. The fourth-order valence-corrected chi connectivity index (χ4v) is 2.86. The number of amides is 1. The lowest BCUT2D eigenvalue weighted by Crippen LogP contribution is -2.39. The molecule has 25 heavy (non-hydrogen) atoms. The van der Waals surface area contributed by atoms with Crippen LogP contribution in [0.15, 0.2) is 12.5 Å². The summed E-state index contributed by atoms with van der Waals surface area (Å²) in [5.74, 6) is 0.0659. The highest BCUT2D eigenvalue weighted by molar-refractivity contribution is 5.71. The zero-order valence-corrected chi connectivity index (χ0v) is 16.2. The second-order valence-corrected chi connectivity index (χ2v) is 8.50. The van der Waals surface area contributed by atoms with E-state index in [2.05, 4.69) is 4.98 Å². The summed E-state index contributed by atoms with van der Waals surface area (Å²) in [4.78, 5) is 30.5. The average Bonchev–Trinajstić information content (AvgIpc) is 3.00. The van der Waals surface area contributed by atoms with E-state index < -0.39 is 17.3 Å². The molecule has 0 aliphatic carbocycles. The van der Waals surface area contributed by atoms with Gasteiger partial charge in [0.05, 0.1) is 5.69 Å². The van der Waals surface area contributed by atoms with Crippen LogP contribution < -0.4 is 0 Å². The Balaban J connectivity index is 2.06. The van der Waals surface area contributed by atoms with Crippen LogP contribution in [-0.2, 0) is 9.47 Å². The fraction of sp³-hybridized carbons (Fsp3) is 0.722. The lowest BCUT2D eigenvalue weighted by Gasteiger charge is -2.28. The van der Waals surface area contributed by atoms with Crippen LogP contribution in [0.1, 0.15) is 66.5 Å². The predicted molar refractivity (Wildman–Crippen MR) is 93.6 cm³/mol. The molecule has 2 heterocycles. The lowest BCUT2D eigenvalue weighted by molar-refractivity contribution is 0.0232. The van der Waals surface area contributed by atoms with Gasteiger partial charge in [-0.15, -0.1) is 0 Å². The smallest absolute Gasteiger partial charge is 0.419 e. The van der Waals surface area contributed by atoms with E-state index >= 15 is 0 Å². The van der Waals surface area contributed by atoms with Crippen molar-refractivity contribution in [1.82, 2.24) is 14.5 Å². The standard InChI is InChI=1S/C18H29N3O4/c1-12-13(8-9-21(12)16(23)25-18(5,6)7)14-10-20(11-19-14)15(22)24-17(2,3)4/h10-13H,8-9H2,1-7H3/t12-,13+/m0/s1. The molecule has 1 fully saturated rings. The van der Waals surface area contributed by atoms with Gasteiger partial charge in [0.1, 0.15) is 17.5 Å². The molecule has 0 aromatic carbocycles. The first-order valence-electron chi connectivity index (χ1n) is 8.64. The number of hydrogen-bond donors (Lipinski definition) is 0. The molecule has 0 spiro atoms. The predicted octanol–water partition coefficient (Wildman–Crippen LogP) is 3.78. The lowest BCUT2D eigenvalue weighted by atomic mass is 9.99. The SMILES string of the molecule is C[C@H]1[C@H](c2cn(C(=O)OC(C)(C)C)cn2)CCN1C(=O)OC(C)(C)C. The highest BCUT2D eigenvalue weighted by atomic mass is 16.6. The maximum atomic E-state index is 12.3. The van der Waals surface area contributed by atoms with E-state index in [1.807, 2.05) is 48.5 Å². The fourth-order valence-electron chi connectivity index (χ4n) is 2.86. The second-order valence-electron chi connectivity index (χ2n) is 8.50. The van der Waals surface area contributed by atoms with E-state index in [0.717, 1.165) is 12.1 Å². The van der Waals surface area contributed by atoms with Gasteiger partial charge < -0.3 is 14.4 Å². The molecule has 1 aliphatic heterocycles. The van der Waals surface area contributed by atoms with Crippen molar-refractivity contribution >= 4 is 12.2 Å². The molecule has 0 bridgehead atoms. The number of ether oxygens (including phenoxy) is 2. The van der Waals surface area contributed by atoms with Crippen LogP contribution >= 0.6 is 0 Å². The molecule has 0 radical (unpaired) electrons. The Morgan fingerprint density at radius 2 is 1.64 bits per heavy atom. The van der Waals surface area contributed by atoms with E-state index in [4.69, 9.17) is 9.47 Å². The average molecular weight is 351 g/mol. The van der Waals surface area contributed by atoms with Gasteiger partial charge in [-0.2, -0.15) is 0 Å². The number of carbonyl (C=O) groups excluding carboxylic acids is 2. The highest BCUT2D eigenvalue weighted by Crippen LogP contribution is 2.33. The van der Waals surface area contributed by atoms with Crippen LogP contribution in [0.5, 0.6) is 0 Å². The summed E-state index contributed by atoms with van der Waals surface area (Å²) in [6, 6.07) is -0.0446. The number of imidazole rings is 1. The zero-order valence-electron chi connectivity index (χ0n) is 16.2. The van der Waals surface area contributed by atoms with Crippen molar-refractivity contribution in [2.45, 2.75) is 78.0 Å². The number of likely N-dealkylation sites (tertiary alicyclic amines) is 1. The van der Waals surface area contributed by atoms with Crippen LogP contribution in [0, 0.1) is 0 Å². The van der Waals surface area contributed by atoms with Crippen molar-refractivity contribution in [1.29, 1.82) is 0 Å². The summed E-state index contributed by atoms with van der Waals surface area (Å²) >= 11 is 0. The molecule has 7 heteroatoms. The van der Waals surface area contributed by atoms with Crippen LogP contribution in [0.3, 0.4) is 0 Å². The zero-order chi connectivity index (χ0) is 19.0. The molecular formula is C18H29N3O4. The van der Waals surface area contributed by atoms with Gasteiger partial charge in [0.25, 0.3) is 0 Å². The number of hydrogen-bond acceptors (Lipinski definition) is 5. The van der Waals surface area contributed by atoms with E-state index in [9.17, 15) is 9.59 Å². The summed E-state index contributed by atoms with van der Waals surface area (Å²) < 4.78 is 12.2. The molecule has 0 unspecified atom stereocenters. The van der Waals surface area contributed by atoms with Gasteiger partial charge in [0, 0.05) is 24.7 Å². The van der Waals surface area contributed by atoms with E-state index in [0.29, 0.717) is 6.54 Å². The van der Waals surface area contributed by atoms with Crippen LogP contribution in [0.4, 0.5) is 9.59 Å². The Labute approximate surface area is 149 Å². The molecule has 1 aliphatic rings. The molecule has 0 saturated carbocycles. The molecule has 2 rings (SSSR count). The number of carbonyl (C=O) groups is 2. The first-order valence-corrected chi connectivity index (χ1v) is 8.64. The van der Waals surface area contributed by atoms with Gasteiger partial charge in [0.15, 0.2) is 0 Å². The Morgan fingerprint density at radius 1 is 1.08 bits per heavy atom. The van der Waals surface area contributed by atoms with Crippen molar-refractivity contribution < 1.29 is 19.1 Å². The Bertz CT molecular complexity index is 639. The monoisotopic (exact) mass is 351 g/mol. The topological polar surface area (TPSA) is 73.7 Å². The number of aromatic nitrogens is 2. The largest absolute Gasteiger partial charge is 0.444 e. The maximum absolute atomic E-state index is 12.3. The van der Waals surface area contributed by atoms with Crippen molar-refractivity contribution in [3.63, 3.8) is 0 Å². The molecule has 2 atom stereocenters. The highest BCUT2D eigenvalue weighted by Gasteiger charge is 2.38. The summed E-state index contributed by atoms with van der Waals surface area (Å²) in [6.07, 6.45) is 3.17. The Morgan fingerprint density at radius 3 is 2.20 bits per heavy atom. The summed E-state index contributed by atoms with van der Waals surface area (Å²) in [5, 5.41) is 0. The third-order valence-electron chi connectivity index (χ3n) is 3.97. The quantitative estimate of drug-likeness (QED) is 0.770. The van der Waals surface area contributed by atoms with Crippen molar-refractivity contribution in [2.75, 3.05) is 6.54 Å². The summed E-state index contributed by atoms with van der Waals surface area (Å²) in [7, 11) is 0. The summed E-state index contributed by atoms with van der Waals surface area (Å²) in [5.41, 5.74) is -0.299. The minimum atomic E-state index is -0.560. The normalized spacial score (nSPS) is 21.3. The van der Waals surface area contributed by atoms with E-state index in [-0.39, 0.29) is 18.1 Å². The summed E-state index contributed by atoms with van der Waals surface area (Å²) in [6.45, 7) is 13.6. The van der Waals surface area contributed by atoms with Crippen molar-refractivity contribution in [2.24, 2.45) is 0 Å². The van der Waals surface area contributed by atoms with Crippen LogP contribution in [0.25, 0.3) is 0 Å². The third kappa shape index (κ3) is 4.96. The third-order valence-corrected chi connectivity index (χ3v) is 3.97.